The van der Waals surface area contributed by atoms with E-state index in [-0.39, 0.29) is 0 Å². The van der Waals surface area contributed by atoms with Gasteiger partial charge in [0.05, 0.1) is 0 Å². The Labute approximate surface area is 416 Å². The fourth-order valence-corrected chi connectivity index (χ4v) is 16.0. The van der Waals surface area contributed by atoms with Crippen LogP contribution in [0.2, 0.25) is 0 Å². The topological polar surface area (TPSA) is 0 Å². The average molecular weight is 958 g/mol. The highest BCUT2D eigenvalue weighted by molar-refractivity contribution is 7.23. The SMILES string of the molecule is CCCCCCCCCc1cc2c3cc(CCCCCCCCC)sc3c3cc4cc5c(cc4cc3c2s1)c1sc(CCCCCCCCC)cc1c1cc(CCCCCCCCC)sc15. The van der Waals surface area contributed by atoms with E-state index in [0.29, 0.717) is 0 Å². The number of hydrogen-bond donors (Lipinski definition) is 0. The summed E-state index contributed by atoms with van der Waals surface area (Å²) >= 11 is 8.45. The lowest BCUT2D eigenvalue weighted by Crippen LogP contribution is -1.83. The summed E-state index contributed by atoms with van der Waals surface area (Å²) < 4.78 is 6.11. The minimum absolute atomic E-state index is 1.22. The van der Waals surface area contributed by atoms with E-state index in [2.05, 4.69) is 122 Å². The maximum atomic E-state index is 2.62. The Morgan fingerprint density at radius 2 is 0.409 bits per heavy atom. The van der Waals surface area contributed by atoms with Crippen LogP contribution in [-0.2, 0) is 25.7 Å². The van der Waals surface area contributed by atoms with Crippen molar-refractivity contribution in [2.24, 2.45) is 0 Å². The molecule has 0 aliphatic rings. The molecule has 0 aliphatic heterocycles. The Morgan fingerprint density at radius 1 is 0.227 bits per heavy atom. The lowest BCUT2D eigenvalue weighted by atomic mass is 9.96. The van der Waals surface area contributed by atoms with E-state index in [1.54, 1.807) is 19.5 Å². The molecule has 0 fully saturated rings. The van der Waals surface area contributed by atoms with Crippen LogP contribution >= 0.6 is 45.3 Å². The summed E-state index contributed by atoms with van der Waals surface area (Å²) in [6.07, 6.45) is 43.3. The zero-order valence-corrected chi connectivity index (χ0v) is 45.1. The molecule has 0 saturated heterocycles. The minimum Gasteiger partial charge on any atom is -0.140 e. The van der Waals surface area contributed by atoms with Gasteiger partial charge in [-0.15, -0.1) is 45.3 Å². The van der Waals surface area contributed by atoms with Crippen LogP contribution in [0, 0.1) is 0 Å². The zero-order valence-electron chi connectivity index (χ0n) is 41.9. The van der Waals surface area contributed by atoms with Crippen molar-refractivity contribution in [3.05, 3.63) is 68.0 Å². The second-order valence-electron chi connectivity index (χ2n) is 20.5. The van der Waals surface area contributed by atoms with Crippen LogP contribution in [0.25, 0.3) is 72.7 Å². The first-order valence-electron chi connectivity index (χ1n) is 27.7. The molecule has 0 radical (unpaired) electrons. The Hall–Kier alpha value is -2.50. The van der Waals surface area contributed by atoms with Crippen molar-refractivity contribution < 1.29 is 0 Å². The van der Waals surface area contributed by atoms with E-state index >= 15 is 0 Å². The molecule has 0 N–H and O–H groups in total. The summed E-state index contributed by atoms with van der Waals surface area (Å²) in [6, 6.07) is 21.0. The average Bonchev–Trinajstić information content (AvgIpc) is 4.15. The van der Waals surface area contributed by atoms with Crippen LogP contribution in [0.15, 0.2) is 48.5 Å². The van der Waals surface area contributed by atoms with E-state index in [9.17, 15) is 0 Å². The molecule has 0 unspecified atom stereocenters. The number of rotatable bonds is 32. The van der Waals surface area contributed by atoms with Gasteiger partial charge in [0.1, 0.15) is 0 Å². The Bertz CT molecular complexity index is 2360. The van der Waals surface area contributed by atoms with Crippen LogP contribution in [-0.4, -0.2) is 0 Å². The molecule has 4 heterocycles. The third-order valence-electron chi connectivity index (χ3n) is 14.9. The number of benzene rings is 4. The molecular weight excluding hydrogens is 873 g/mol. The highest BCUT2D eigenvalue weighted by Gasteiger charge is 2.20. The van der Waals surface area contributed by atoms with Gasteiger partial charge in [0, 0.05) is 81.4 Å². The summed E-state index contributed by atoms with van der Waals surface area (Å²) in [5, 5.41) is 14.9. The Kier molecular flexibility index (Phi) is 19.6. The second-order valence-corrected chi connectivity index (χ2v) is 25.0. The number of thiophene rings is 4. The van der Waals surface area contributed by atoms with Gasteiger partial charge in [-0.2, -0.15) is 0 Å². The van der Waals surface area contributed by atoms with Crippen molar-refractivity contribution in [2.45, 2.75) is 233 Å². The molecule has 0 aliphatic carbocycles. The minimum atomic E-state index is 1.22. The lowest BCUT2D eigenvalue weighted by molar-refractivity contribution is 0.590. The van der Waals surface area contributed by atoms with Crippen LogP contribution in [0.1, 0.15) is 227 Å². The van der Waals surface area contributed by atoms with Crippen molar-refractivity contribution in [1.29, 1.82) is 0 Å². The Morgan fingerprint density at radius 3 is 0.621 bits per heavy atom. The molecule has 8 rings (SSSR count). The van der Waals surface area contributed by atoms with Crippen molar-refractivity contribution in [3.8, 4) is 0 Å². The van der Waals surface area contributed by atoms with Gasteiger partial charge < -0.3 is 0 Å². The molecule has 4 aromatic heterocycles. The third-order valence-corrected chi connectivity index (χ3v) is 19.8. The molecule has 0 nitrogen and oxygen atoms in total. The second kappa shape index (κ2) is 25.9. The maximum Gasteiger partial charge on any atom is 0.0431 e. The van der Waals surface area contributed by atoms with Crippen molar-refractivity contribution >= 4 is 118 Å². The first-order valence-corrected chi connectivity index (χ1v) is 31.0. The van der Waals surface area contributed by atoms with Crippen molar-refractivity contribution in [1.82, 2.24) is 0 Å². The molecule has 0 spiro atoms. The van der Waals surface area contributed by atoms with Crippen LogP contribution in [0.4, 0.5) is 0 Å². The van der Waals surface area contributed by atoms with E-state index in [1.807, 2.05) is 0 Å². The number of hydrogen-bond acceptors (Lipinski definition) is 4. The van der Waals surface area contributed by atoms with E-state index in [4.69, 9.17) is 0 Å². The Balaban J connectivity index is 1.16. The van der Waals surface area contributed by atoms with E-state index in [0.717, 1.165) is 0 Å². The molecule has 4 aromatic carbocycles. The normalized spacial score (nSPS) is 12.4. The van der Waals surface area contributed by atoms with Gasteiger partial charge >= 0.3 is 0 Å². The highest BCUT2D eigenvalue weighted by Crippen LogP contribution is 2.48. The molecule has 0 amide bonds. The largest absolute Gasteiger partial charge is 0.140 e. The van der Waals surface area contributed by atoms with Gasteiger partial charge in [-0.3, -0.25) is 0 Å². The van der Waals surface area contributed by atoms with E-state index < -0.39 is 0 Å². The lowest BCUT2D eigenvalue weighted by Gasteiger charge is -2.09. The van der Waals surface area contributed by atoms with Gasteiger partial charge in [-0.05, 0) is 111 Å². The molecule has 0 bridgehead atoms. The van der Waals surface area contributed by atoms with Gasteiger partial charge in [0.25, 0.3) is 0 Å². The number of unbranched alkanes of at least 4 members (excludes halogenated alkanes) is 24. The van der Waals surface area contributed by atoms with Crippen molar-refractivity contribution in [3.63, 3.8) is 0 Å². The molecule has 66 heavy (non-hydrogen) atoms. The van der Waals surface area contributed by atoms with Gasteiger partial charge in [-0.1, -0.05) is 182 Å². The van der Waals surface area contributed by atoms with Crippen LogP contribution < -0.4 is 0 Å². The zero-order chi connectivity index (χ0) is 45.5. The molecule has 356 valence electrons. The van der Waals surface area contributed by atoms with E-state index in [1.165, 1.54) is 278 Å². The number of fused-ring (bicyclic) bond motifs is 13. The van der Waals surface area contributed by atoms with Crippen molar-refractivity contribution in [2.75, 3.05) is 0 Å². The van der Waals surface area contributed by atoms with Gasteiger partial charge in [-0.25, -0.2) is 0 Å². The van der Waals surface area contributed by atoms with Crippen LogP contribution in [0.3, 0.4) is 0 Å². The monoisotopic (exact) mass is 957 g/mol. The molecular formula is C62H84S4. The summed E-state index contributed by atoms with van der Waals surface area (Å²) in [6.45, 7) is 9.30. The standard InChI is InChI=1S/C62H84S4/c1-5-9-13-17-21-25-29-33-47-41-55-56-42-48(34-30-26-22-18-14-10-6-2)64-60(56)52-38-46-40-54-53(39-45(46)37-51(52)59(55)63-47)61-57(43-49(65-61)35-31-27-23-19-15-11-7-3)58-44-50(66-62(54)58)36-32-28-24-20-16-12-8-4/h37-44H,5-36H2,1-4H3. The molecule has 0 atom stereocenters. The quantitative estimate of drug-likeness (QED) is 0.0291. The smallest absolute Gasteiger partial charge is 0.0431 e. The highest BCUT2D eigenvalue weighted by atomic mass is 32.1. The third kappa shape index (κ3) is 12.6. The summed E-state index contributed by atoms with van der Waals surface area (Å²) in [5.41, 5.74) is 0. The summed E-state index contributed by atoms with van der Waals surface area (Å²) in [5.74, 6) is 0. The predicted octanol–water partition coefficient (Wildman–Crippen LogP) is 23.2. The van der Waals surface area contributed by atoms with Crippen LogP contribution in [0.5, 0.6) is 0 Å². The first kappa shape index (κ1) is 49.9. The van der Waals surface area contributed by atoms with Gasteiger partial charge in [0.2, 0.25) is 0 Å². The fourth-order valence-electron chi connectivity index (χ4n) is 11.0. The first-order chi connectivity index (χ1) is 32.6. The molecule has 4 heteroatoms. The fraction of sp³-hybridized carbons (Fsp3) is 0.581. The maximum absolute atomic E-state index is 2.62. The summed E-state index contributed by atoms with van der Waals surface area (Å²) in [4.78, 5) is 6.36. The number of aryl methyl sites for hydroxylation is 4. The molecule has 8 aromatic rings. The summed E-state index contributed by atoms with van der Waals surface area (Å²) in [7, 11) is 0. The predicted molar refractivity (Wildman–Crippen MR) is 307 cm³/mol. The van der Waals surface area contributed by atoms with Gasteiger partial charge in [0.15, 0.2) is 0 Å². The molecule has 0 saturated carbocycles.